The molecule has 1 atom stereocenters. The minimum Gasteiger partial charge on any atom is -0.264 e. The molecule has 1 spiro atoms. The van der Waals surface area contributed by atoms with Gasteiger partial charge in [-0.3, -0.25) is 4.98 Å². The van der Waals surface area contributed by atoms with E-state index in [9.17, 15) is 0 Å². The van der Waals surface area contributed by atoms with Crippen molar-refractivity contribution in [3.05, 3.63) is 211 Å². The number of nitrogens with zero attached hydrogens (tertiary/aromatic N) is 3. The second kappa shape index (κ2) is 12.0. The van der Waals surface area contributed by atoms with Crippen molar-refractivity contribution in [3.8, 4) is 67.3 Å². The van der Waals surface area contributed by atoms with Crippen molar-refractivity contribution in [2.24, 2.45) is 0 Å². The van der Waals surface area contributed by atoms with Gasteiger partial charge >= 0.3 is 0 Å². The van der Waals surface area contributed by atoms with E-state index in [0.717, 1.165) is 28.1 Å². The molecular formula is C52H31N3S. The van der Waals surface area contributed by atoms with E-state index in [1.807, 2.05) is 41.8 Å². The maximum Gasteiger partial charge on any atom is 0.160 e. The summed E-state index contributed by atoms with van der Waals surface area (Å²) in [4.78, 5) is 14.8. The highest BCUT2D eigenvalue weighted by molar-refractivity contribution is 7.26. The average Bonchev–Trinajstić information content (AvgIpc) is 3.77. The van der Waals surface area contributed by atoms with E-state index in [-0.39, 0.29) is 0 Å². The summed E-state index contributed by atoms with van der Waals surface area (Å²) in [5.41, 5.74) is 16.8. The lowest BCUT2D eigenvalue weighted by Crippen LogP contribution is -2.29. The van der Waals surface area contributed by atoms with Crippen LogP contribution in [0.5, 0.6) is 0 Å². The third-order valence-electron chi connectivity index (χ3n) is 11.8. The summed E-state index contributed by atoms with van der Waals surface area (Å²) in [5.74, 6) is 0.686. The summed E-state index contributed by atoms with van der Waals surface area (Å²) in [6.45, 7) is 0. The number of rotatable bonds is 3. The van der Waals surface area contributed by atoms with Gasteiger partial charge in [-0.2, -0.15) is 0 Å². The lowest BCUT2D eigenvalue weighted by atomic mass is 9.65. The van der Waals surface area contributed by atoms with Crippen molar-refractivity contribution in [3.63, 3.8) is 0 Å². The highest BCUT2D eigenvalue weighted by Gasteiger charge is 2.50. The number of hydrogen-bond acceptors (Lipinski definition) is 4. The molecule has 0 saturated heterocycles. The Hall–Kier alpha value is -7.01. The number of fused-ring (bicyclic) bond motifs is 16. The first kappa shape index (κ1) is 31.4. The molecular weight excluding hydrogens is 699 g/mol. The normalized spacial score (nSPS) is 14.9. The van der Waals surface area contributed by atoms with Crippen molar-refractivity contribution in [1.29, 1.82) is 0 Å². The summed E-state index contributed by atoms with van der Waals surface area (Å²) < 4.78 is 2.63. The molecule has 1 unspecified atom stereocenters. The summed E-state index contributed by atoms with van der Waals surface area (Å²) in [7, 11) is 0. The van der Waals surface area contributed by atoms with Crippen LogP contribution in [0.1, 0.15) is 22.3 Å². The fourth-order valence-electron chi connectivity index (χ4n) is 9.53. The number of pyridine rings is 1. The van der Waals surface area contributed by atoms with E-state index in [4.69, 9.17) is 9.97 Å². The van der Waals surface area contributed by atoms with Crippen molar-refractivity contribution >= 4 is 31.5 Å². The predicted molar refractivity (Wildman–Crippen MR) is 231 cm³/mol. The monoisotopic (exact) mass is 729 g/mol. The number of aromatic nitrogens is 3. The van der Waals surface area contributed by atoms with Gasteiger partial charge in [0.1, 0.15) is 0 Å². The van der Waals surface area contributed by atoms with Crippen LogP contribution in [-0.4, -0.2) is 15.0 Å². The van der Waals surface area contributed by atoms with Crippen LogP contribution in [0.3, 0.4) is 0 Å². The van der Waals surface area contributed by atoms with Crippen molar-refractivity contribution in [2.75, 3.05) is 0 Å². The largest absolute Gasteiger partial charge is 0.264 e. The van der Waals surface area contributed by atoms with Crippen LogP contribution in [0.25, 0.3) is 87.5 Å². The highest BCUT2D eigenvalue weighted by Crippen LogP contribution is 2.63. The lowest BCUT2D eigenvalue weighted by molar-refractivity contribution is 0.776. The minimum atomic E-state index is -0.619. The van der Waals surface area contributed by atoms with Gasteiger partial charge in [0.05, 0.1) is 16.8 Å². The quantitative estimate of drug-likeness (QED) is 0.182. The Morgan fingerprint density at radius 3 is 1.84 bits per heavy atom. The molecule has 12 rings (SSSR count). The second-order valence-corrected chi connectivity index (χ2v) is 15.8. The molecule has 7 aromatic carbocycles. The fourth-order valence-corrected chi connectivity index (χ4v) is 10.6. The molecule has 56 heavy (non-hydrogen) atoms. The molecule has 2 aliphatic carbocycles. The molecule has 260 valence electrons. The van der Waals surface area contributed by atoms with Gasteiger partial charge in [0, 0.05) is 49.3 Å². The molecule has 0 saturated carbocycles. The zero-order valence-corrected chi connectivity index (χ0v) is 31.0. The number of hydrogen-bond donors (Lipinski definition) is 0. The first-order valence-corrected chi connectivity index (χ1v) is 19.8. The van der Waals surface area contributed by atoms with Crippen molar-refractivity contribution in [1.82, 2.24) is 15.0 Å². The SMILES string of the molecule is c1ccc(-c2nc(-c3cccnc3)cc(-c3ccc4c(c3)C3(c5ccccc5-c5ccccc5-4)c4ccccc4-c4c3ccc3sc5ccccc5c43)n2)cc1. The van der Waals surface area contributed by atoms with Crippen molar-refractivity contribution in [2.45, 2.75) is 5.41 Å². The number of benzene rings is 7. The van der Waals surface area contributed by atoms with Gasteiger partial charge in [0.2, 0.25) is 0 Å². The zero-order valence-electron chi connectivity index (χ0n) is 30.1. The molecule has 3 nitrogen and oxygen atoms in total. The van der Waals surface area contributed by atoms with Gasteiger partial charge in [0.15, 0.2) is 5.82 Å². The van der Waals surface area contributed by atoms with E-state index in [0.29, 0.717) is 5.82 Å². The minimum absolute atomic E-state index is 0.619. The first-order chi connectivity index (χ1) is 27.8. The van der Waals surface area contributed by atoms with Crippen LogP contribution >= 0.6 is 11.3 Å². The molecule has 3 heterocycles. The molecule has 0 bridgehead atoms. The van der Waals surface area contributed by atoms with Crippen LogP contribution in [0.15, 0.2) is 188 Å². The van der Waals surface area contributed by atoms with Gasteiger partial charge in [-0.25, -0.2) is 9.97 Å². The predicted octanol–water partition coefficient (Wildman–Crippen LogP) is 13.3. The van der Waals surface area contributed by atoms with Gasteiger partial charge in [-0.15, -0.1) is 11.3 Å². The summed E-state index contributed by atoms with van der Waals surface area (Å²) in [6.07, 6.45) is 3.68. The topological polar surface area (TPSA) is 38.7 Å². The molecule has 0 amide bonds. The average molecular weight is 730 g/mol. The maximum atomic E-state index is 5.30. The standard InChI is InChI=1S/C52H31N3S/c1-2-13-32(14-3-1)51-54-45(30-46(55-51)34-15-12-28-53-31-34)33-24-25-38-36-17-5-4-16-35(36)37-18-6-9-21-41(37)52(44(38)29-33)42-22-10-7-19-39(42)49-43(52)26-27-48-50(49)40-20-8-11-23-47(40)56-48/h1-31H. The van der Waals surface area contributed by atoms with Gasteiger partial charge in [-0.05, 0) is 92.0 Å². The number of thiophene rings is 1. The highest BCUT2D eigenvalue weighted by atomic mass is 32.1. The Balaban J connectivity index is 1.22. The first-order valence-electron chi connectivity index (χ1n) is 19.0. The summed E-state index contributed by atoms with van der Waals surface area (Å²) >= 11 is 1.88. The van der Waals surface area contributed by atoms with Crippen LogP contribution < -0.4 is 0 Å². The van der Waals surface area contributed by atoms with Gasteiger partial charge in [0.25, 0.3) is 0 Å². The van der Waals surface area contributed by atoms with E-state index < -0.39 is 5.41 Å². The van der Waals surface area contributed by atoms with Gasteiger partial charge < -0.3 is 0 Å². The van der Waals surface area contributed by atoms with Crippen LogP contribution in [0.4, 0.5) is 0 Å². The van der Waals surface area contributed by atoms with E-state index in [1.54, 1.807) is 6.20 Å². The van der Waals surface area contributed by atoms with E-state index in [1.165, 1.54) is 75.8 Å². The van der Waals surface area contributed by atoms with Crippen LogP contribution in [-0.2, 0) is 5.41 Å². The molecule has 0 aliphatic heterocycles. The Kier molecular flexibility index (Phi) is 6.72. The fraction of sp³-hybridized carbons (Fsp3) is 0.0192. The molecule has 0 radical (unpaired) electrons. The lowest BCUT2D eigenvalue weighted by Gasteiger charge is -2.35. The van der Waals surface area contributed by atoms with Crippen molar-refractivity contribution < 1.29 is 0 Å². The molecule has 10 aromatic rings. The van der Waals surface area contributed by atoms with E-state index in [2.05, 4.69) is 157 Å². The molecule has 0 fully saturated rings. The van der Waals surface area contributed by atoms with E-state index >= 15 is 0 Å². The van der Waals surface area contributed by atoms with Crippen LogP contribution in [0, 0.1) is 0 Å². The third-order valence-corrected chi connectivity index (χ3v) is 13.0. The Bertz CT molecular complexity index is 3140. The maximum absolute atomic E-state index is 5.30. The molecule has 0 N–H and O–H groups in total. The molecule has 3 aromatic heterocycles. The Morgan fingerprint density at radius 2 is 1.05 bits per heavy atom. The van der Waals surface area contributed by atoms with Crippen LogP contribution in [0.2, 0.25) is 0 Å². The summed E-state index contributed by atoms with van der Waals surface area (Å²) in [5, 5.41) is 2.65. The summed E-state index contributed by atoms with van der Waals surface area (Å²) in [6, 6.07) is 64.3. The molecule has 4 heteroatoms. The molecule has 2 aliphatic rings. The Labute approximate surface area is 328 Å². The smallest absolute Gasteiger partial charge is 0.160 e. The zero-order chi connectivity index (χ0) is 36.8. The second-order valence-electron chi connectivity index (χ2n) is 14.7. The Morgan fingerprint density at radius 1 is 0.411 bits per heavy atom. The van der Waals surface area contributed by atoms with Gasteiger partial charge in [-0.1, -0.05) is 140 Å². The third kappa shape index (κ3) is 4.36.